The average molecular weight is 263 g/mol. The molecule has 0 saturated carbocycles. The molecule has 0 spiro atoms. The molecule has 1 N–H and O–H groups in total. The Labute approximate surface area is 116 Å². The van der Waals surface area contributed by atoms with Gasteiger partial charge in [0, 0.05) is 12.2 Å². The minimum Gasteiger partial charge on any atom is -0.462 e. The summed E-state index contributed by atoms with van der Waals surface area (Å²) in [7, 11) is 0. The summed E-state index contributed by atoms with van der Waals surface area (Å²) in [5, 5.41) is 3.36. The maximum absolute atomic E-state index is 11.6. The van der Waals surface area contributed by atoms with Gasteiger partial charge in [0.15, 0.2) is 0 Å². The minimum atomic E-state index is -0.239. The maximum Gasteiger partial charge on any atom is 0.338 e. The van der Waals surface area contributed by atoms with Crippen LogP contribution in [0.5, 0.6) is 0 Å². The van der Waals surface area contributed by atoms with Crippen LogP contribution >= 0.6 is 0 Å². The molecule has 106 valence electrons. The summed E-state index contributed by atoms with van der Waals surface area (Å²) in [4.78, 5) is 11.6. The Morgan fingerprint density at radius 1 is 1.05 bits per heavy atom. The molecular weight excluding hydrogens is 238 g/mol. The van der Waals surface area contributed by atoms with Crippen LogP contribution in [-0.2, 0) is 4.74 Å². The van der Waals surface area contributed by atoms with Gasteiger partial charge in [0.05, 0.1) is 12.2 Å². The maximum atomic E-state index is 11.6. The Kier molecular flexibility index (Phi) is 7.71. The van der Waals surface area contributed by atoms with E-state index in [0.29, 0.717) is 12.2 Å². The Morgan fingerprint density at radius 2 is 1.79 bits per heavy atom. The molecule has 0 aliphatic rings. The monoisotopic (exact) mass is 263 g/mol. The quantitative estimate of drug-likeness (QED) is 0.535. The van der Waals surface area contributed by atoms with E-state index in [-0.39, 0.29) is 5.97 Å². The summed E-state index contributed by atoms with van der Waals surface area (Å²) in [5.41, 5.74) is 1.67. The molecule has 0 radical (unpaired) electrons. The summed E-state index contributed by atoms with van der Waals surface area (Å²) >= 11 is 0. The molecule has 1 rings (SSSR count). The molecule has 19 heavy (non-hydrogen) atoms. The molecule has 0 fully saturated rings. The van der Waals surface area contributed by atoms with Crippen LogP contribution in [0.15, 0.2) is 24.3 Å². The number of anilines is 1. The van der Waals surface area contributed by atoms with Crippen molar-refractivity contribution in [1.82, 2.24) is 0 Å². The molecule has 1 aromatic carbocycles. The Balaban J connectivity index is 2.32. The van der Waals surface area contributed by atoms with Gasteiger partial charge in [-0.3, -0.25) is 0 Å². The van der Waals surface area contributed by atoms with Gasteiger partial charge in [-0.05, 0) is 37.1 Å². The van der Waals surface area contributed by atoms with Crippen molar-refractivity contribution in [3.05, 3.63) is 29.8 Å². The summed E-state index contributed by atoms with van der Waals surface area (Å²) in [6.07, 6.45) is 5.86. The van der Waals surface area contributed by atoms with Crippen LogP contribution in [0.25, 0.3) is 0 Å². The molecule has 0 atom stereocenters. The number of ether oxygens (including phenoxy) is 1. The number of carbonyl (C=O) groups is 1. The molecule has 0 amide bonds. The normalized spacial score (nSPS) is 10.2. The number of hydrogen-bond acceptors (Lipinski definition) is 3. The van der Waals surface area contributed by atoms with Crippen molar-refractivity contribution >= 4 is 11.7 Å². The largest absolute Gasteiger partial charge is 0.462 e. The Bertz CT molecular complexity index is 360. The minimum absolute atomic E-state index is 0.239. The summed E-state index contributed by atoms with van der Waals surface area (Å²) in [6.45, 7) is 5.67. The van der Waals surface area contributed by atoms with E-state index in [1.54, 1.807) is 0 Å². The van der Waals surface area contributed by atoms with Gasteiger partial charge in [-0.2, -0.15) is 0 Å². The van der Waals surface area contributed by atoms with Crippen LogP contribution in [0.4, 0.5) is 5.69 Å². The molecule has 0 bridgehead atoms. The summed E-state index contributed by atoms with van der Waals surface area (Å²) < 4.78 is 5.08. The van der Waals surface area contributed by atoms with E-state index in [2.05, 4.69) is 12.2 Å². The smallest absolute Gasteiger partial charge is 0.338 e. The first-order valence-electron chi connectivity index (χ1n) is 7.29. The van der Waals surface area contributed by atoms with Gasteiger partial charge >= 0.3 is 5.97 Å². The molecule has 0 aliphatic heterocycles. The molecule has 0 aliphatic carbocycles. The SMILES string of the molecule is CCCCCCNc1ccc(C(=O)OCCC)cc1. The fourth-order valence-electron chi connectivity index (χ4n) is 1.79. The first kappa shape index (κ1) is 15.5. The highest BCUT2D eigenvalue weighted by molar-refractivity contribution is 5.89. The van der Waals surface area contributed by atoms with E-state index in [4.69, 9.17) is 4.74 Å². The first-order chi connectivity index (χ1) is 9.27. The topological polar surface area (TPSA) is 38.3 Å². The van der Waals surface area contributed by atoms with E-state index < -0.39 is 0 Å². The number of carbonyl (C=O) groups excluding carboxylic acids is 1. The van der Waals surface area contributed by atoms with Gasteiger partial charge in [0.1, 0.15) is 0 Å². The van der Waals surface area contributed by atoms with E-state index in [9.17, 15) is 4.79 Å². The highest BCUT2D eigenvalue weighted by Crippen LogP contribution is 2.11. The third-order valence-corrected chi connectivity index (χ3v) is 2.92. The van der Waals surface area contributed by atoms with Crippen LogP contribution in [0.3, 0.4) is 0 Å². The number of esters is 1. The van der Waals surface area contributed by atoms with Crippen LogP contribution in [0.2, 0.25) is 0 Å². The van der Waals surface area contributed by atoms with Crippen LogP contribution in [0, 0.1) is 0 Å². The average Bonchev–Trinajstić information content (AvgIpc) is 2.45. The van der Waals surface area contributed by atoms with Gasteiger partial charge in [-0.25, -0.2) is 4.79 Å². The second-order valence-electron chi connectivity index (χ2n) is 4.70. The molecule has 0 heterocycles. The predicted molar refractivity (Wildman–Crippen MR) is 79.6 cm³/mol. The highest BCUT2D eigenvalue weighted by Gasteiger charge is 2.05. The van der Waals surface area contributed by atoms with Crippen molar-refractivity contribution in [2.45, 2.75) is 46.0 Å². The predicted octanol–water partition coefficient (Wildman–Crippen LogP) is 4.25. The van der Waals surface area contributed by atoms with Gasteiger partial charge in [-0.15, -0.1) is 0 Å². The fraction of sp³-hybridized carbons (Fsp3) is 0.562. The van der Waals surface area contributed by atoms with E-state index in [1.165, 1.54) is 25.7 Å². The molecule has 0 unspecified atom stereocenters. The second kappa shape index (κ2) is 9.42. The highest BCUT2D eigenvalue weighted by atomic mass is 16.5. The number of rotatable bonds is 9. The van der Waals surface area contributed by atoms with E-state index in [1.807, 2.05) is 31.2 Å². The lowest BCUT2D eigenvalue weighted by molar-refractivity contribution is 0.0505. The lowest BCUT2D eigenvalue weighted by atomic mass is 10.2. The van der Waals surface area contributed by atoms with Crippen molar-refractivity contribution in [3.63, 3.8) is 0 Å². The number of hydrogen-bond donors (Lipinski definition) is 1. The second-order valence-corrected chi connectivity index (χ2v) is 4.70. The molecule has 0 aromatic heterocycles. The zero-order chi connectivity index (χ0) is 13.9. The van der Waals surface area contributed by atoms with Crippen molar-refractivity contribution in [1.29, 1.82) is 0 Å². The third kappa shape index (κ3) is 6.27. The number of benzene rings is 1. The van der Waals surface area contributed by atoms with Crippen LogP contribution in [0.1, 0.15) is 56.3 Å². The van der Waals surface area contributed by atoms with Gasteiger partial charge in [0.25, 0.3) is 0 Å². The zero-order valence-corrected chi connectivity index (χ0v) is 12.1. The number of nitrogens with one attached hydrogen (secondary N) is 1. The van der Waals surface area contributed by atoms with Crippen LogP contribution < -0.4 is 5.32 Å². The van der Waals surface area contributed by atoms with Crippen molar-refractivity contribution < 1.29 is 9.53 Å². The Hall–Kier alpha value is -1.51. The molecule has 0 saturated heterocycles. The van der Waals surface area contributed by atoms with Crippen molar-refractivity contribution in [2.24, 2.45) is 0 Å². The zero-order valence-electron chi connectivity index (χ0n) is 12.1. The van der Waals surface area contributed by atoms with E-state index >= 15 is 0 Å². The summed E-state index contributed by atoms with van der Waals surface area (Å²) in [5.74, 6) is -0.239. The van der Waals surface area contributed by atoms with Crippen molar-refractivity contribution in [2.75, 3.05) is 18.5 Å². The van der Waals surface area contributed by atoms with Gasteiger partial charge < -0.3 is 10.1 Å². The first-order valence-corrected chi connectivity index (χ1v) is 7.29. The molecule has 3 nitrogen and oxygen atoms in total. The Morgan fingerprint density at radius 3 is 2.42 bits per heavy atom. The van der Waals surface area contributed by atoms with Crippen molar-refractivity contribution in [3.8, 4) is 0 Å². The number of unbranched alkanes of at least 4 members (excludes halogenated alkanes) is 3. The van der Waals surface area contributed by atoms with Gasteiger partial charge in [-0.1, -0.05) is 33.1 Å². The third-order valence-electron chi connectivity index (χ3n) is 2.92. The molecule has 3 heteroatoms. The lowest BCUT2D eigenvalue weighted by Crippen LogP contribution is -2.06. The lowest BCUT2D eigenvalue weighted by Gasteiger charge is -2.07. The van der Waals surface area contributed by atoms with E-state index in [0.717, 1.165) is 18.7 Å². The van der Waals surface area contributed by atoms with Gasteiger partial charge in [0.2, 0.25) is 0 Å². The van der Waals surface area contributed by atoms with Crippen LogP contribution in [-0.4, -0.2) is 19.1 Å². The summed E-state index contributed by atoms with van der Waals surface area (Å²) in [6, 6.07) is 7.49. The standard InChI is InChI=1S/C16H25NO2/c1-3-5-6-7-12-17-15-10-8-14(9-11-15)16(18)19-13-4-2/h8-11,17H,3-7,12-13H2,1-2H3. The fourth-order valence-corrected chi connectivity index (χ4v) is 1.79. The molecular formula is C16H25NO2. The molecule has 1 aromatic rings.